The number of carboxylic acid groups (broad SMARTS) is 2. The third-order valence-corrected chi connectivity index (χ3v) is 14.2. The van der Waals surface area contributed by atoms with E-state index >= 15 is 0 Å². The molecular weight excluding hydrogens is 673 g/mol. The Morgan fingerprint density at radius 2 is 1.41 bits per heavy atom. The molecule has 4 aliphatic carbocycles. The highest BCUT2D eigenvalue weighted by atomic mass is 35.5. The Bertz CT molecular complexity index is 1620. The minimum atomic E-state index is -2.53. The maximum atomic E-state index is 14.4. The quantitative estimate of drug-likeness (QED) is 0.216. The van der Waals surface area contributed by atoms with E-state index in [4.69, 9.17) is 23.2 Å². The van der Waals surface area contributed by atoms with Gasteiger partial charge < -0.3 is 20.4 Å². The first-order valence-electron chi connectivity index (χ1n) is 17.6. The monoisotopic (exact) mass is 718 g/mol. The van der Waals surface area contributed by atoms with E-state index in [1.54, 1.807) is 0 Å². The number of hydrogen-bond donors (Lipinski definition) is 4. The van der Waals surface area contributed by atoms with Crippen LogP contribution in [0.15, 0.2) is 30.3 Å². The average Bonchev–Trinajstić information content (AvgIpc) is 3.39. The van der Waals surface area contributed by atoms with E-state index < -0.39 is 40.5 Å². The Balaban J connectivity index is 1.25. The van der Waals surface area contributed by atoms with Gasteiger partial charge in [-0.15, -0.1) is 0 Å². The fraction of sp³-hybridized carbons (Fsp3) is 0.590. The molecule has 10 heteroatoms. The van der Waals surface area contributed by atoms with Crippen LogP contribution >= 0.6 is 23.2 Å². The first kappa shape index (κ1) is 36.0. The number of phenols is 2. The smallest absolute Gasteiger partial charge is 0.339 e. The van der Waals surface area contributed by atoms with Gasteiger partial charge in [-0.2, -0.15) is 0 Å². The van der Waals surface area contributed by atoms with Crippen molar-refractivity contribution in [3.05, 3.63) is 62.6 Å². The van der Waals surface area contributed by atoms with Crippen LogP contribution in [0.5, 0.6) is 11.5 Å². The Labute approximate surface area is 296 Å². The van der Waals surface area contributed by atoms with E-state index in [0.717, 1.165) is 38.5 Å². The number of benzene rings is 2. The van der Waals surface area contributed by atoms with E-state index in [1.165, 1.54) is 30.7 Å². The summed E-state index contributed by atoms with van der Waals surface area (Å²) in [4.78, 5) is 23.8. The van der Waals surface area contributed by atoms with Crippen LogP contribution in [0, 0.1) is 46.3 Å². The summed E-state index contributed by atoms with van der Waals surface area (Å²) in [6.07, 6.45) is 10.5. The van der Waals surface area contributed by atoms with Gasteiger partial charge in [-0.1, -0.05) is 50.0 Å². The predicted octanol–water partition coefficient (Wildman–Crippen LogP) is 10.9. The second-order valence-corrected chi connectivity index (χ2v) is 16.8. The number of aromatic carboxylic acids is 2. The molecule has 6 nitrogen and oxygen atoms in total. The largest absolute Gasteiger partial charge is 0.505 e. The van der Waals surface area contributed by atoms with Gasteiger partial charge in [-0.05, 0) is 145 Å². The van der Waals surface area contributed by atoms with E-state index in [0.29, 0.717) is 59.1 Å². The molecule has 4 N–H and O–H groups in total. The molecule has 0 aliphatic heterocycles. The molecule has 0 amide bonds. The lowest BCUT2D eigenvalue weighted by molar-refractivity contribution is -0.164. The van der Waals surface area contributed by atoms with Gasteiger partial charge in [0.15, 0.2) is 0 Å². The first-order chi connectivity index (χ1) is 23.0. The Morgan fingerprint density at radius 1 is 0.837 bits per heavy atom. The predicted molar refractivity (Wildman–Crippen MR) is 186 cm³/mol. The molecular formula is C39H46Cl2F2O6. The fourth-order valence-corrected chi connectivity index (χ4v) is 11.5. The topological polar surface area (TPSA) is 115 Å². The molecule has 49 heavy (non-hydrogen) atoms. The number of fused-ring (bicyclic) bond motifs is 5. The Kier molecular flexibility index (Phi) is 9.58. The van der Waals surface area contributed by atoms with Crippen LogP contribution in [-0.2, 0) is 0 Å². The zero-order chi connectivity index (χ0) is 35.6. The van der Waals surface area contributed by atoms with E-state index in [1.807, 2.05) is 6.08 Å². The normalized spacial score (nSPS) is 32.3. The lowest BCUT2D eigenvalue weighted by Crippen LogP contribution is -2.55. The molecule has 4 unspecified atom stereocenters. The molecule has 8 atom stereocenters. The standard InChI is InChI=1S/C39H46Cl2F2O6/c1-20(28-9-10-29-25-8-7-23-19-39(42,43)14-13-37(23,2)30(25)11-12-38(28,29)3)5-4-6-24(21-15-26(35(46)47)33(44)31(40)17-21)22-16-27(36(48)49)34(45)32(41)18-22/h6,15-18,20,23,25,28-30,44-45H,4-5,7-14,19H2,1-3H3,(H,46,47)(H,48,49)/t20?,23-,25+,28?,29?,30?,37+,38-/m1/s1. The van der Waals surface area contributed by atoms with Crippen molar-refractivity contribution < 1.29 is 38.8 Å². The van der Waals surface area contributed by atoms with Crippen molar-refractivity contribution in [2.45, 2.75) is 97.3 Å². The van der Waals surface area contributed by atoms with E-state index in [9.17, 15) is 38.8 Å². The second kappa shape index (κ2) is 13.0. The highest BCUT2D eigenvalue weighted by molar-refractivity contribution is 6.33. The van der Waals surface area contributed by atoms with Crippen molar-refractivity contribution in [2.24, 2.45) is 46.3 Å². The molecule has 4 fully saturated rings. The molecule has 6 rings (SSSR count). The van der Waals surface area contributed by atoms with Crippen molar-refractivity contribution in [1.82, 2.24) is 0 Å². The maximum Gasteiger partial charge on any atom is 0.339 e. The van der Waals surface area contributed by atoms with Crippen molar-refractivity contribution in [3.8, 4) is 11.5 Å². The van der Waals surface area contributed by atoms with Gasteiger partial charge in [0.25, 0.3) is 0 Å². The van der Waals surface area contributed by atoms with Crippen LogP contribution < -0.4 is 0 Å². The molecule has 0 heterocycles. The highest BCUT2D eigenvalue weighted by Gasteiger charge is 2.62. The molecule has 0 bridgehead atoms. The fourth-order valence-electron chi connectivity index (χ4n) is 11.1. The summed E-state index contributed by atoms with van der Waals surface area (Å²) in [5.41, 5.74) is 0.609. The summed E-state index contributed by atoms with van der Waals surface area (Å²) in [6, 6.07) is 5.46. The lowest BCUT2D eigenvalue weighted by Gasteiger charge is -2.61. The van der Waals surface area contributed by atoms with Crippen LogP contribution in [0.1, 0.15) is 123 Å². The van der Waals surface area contributed by atoms with E-state index in [2.05, 4.69) is 20.8 Å². The summed E-state index contributed by atoms with van der Waals surface area (Å²) in [6.45, 7) is 7.07. The molecule has 266 valence electrons. The van der Waals surface area contributed by atoms with E-state index in [-0.39, 0.29) is 39.6 Å². The summed E-state index contributed by atoms with van der Waals surface area (Å²) in [5, 5.41) is 39.7. The number of aromatic hydroxyl groups is 2. The van der Waals surface area contributed by atoms with Gasteiger partial charge in [0, 0.05) is 12.8 Å². The van der Waals surface area contributed by atoms with Crippen LogP contribution in [0.25, 0.3) is 5.57 Å². The van der Waals surface area contributed by atoms with Crippen LogP contribution in [-0.4, -0.2) is 38.3 Å². The molecule has 0 radical (unpaired) electrons. The summed E-state index contributed by atoms with van der Waals surface area (Å²) in [5.74, 6) is -3.73. The third kappa shape index (κ3) is 6.34. The van der Waals surface area contributed by atoms with Crippen molar-refractivity contribution in [1.29, 1.82) is 0 Å². The molecule has 4 saturated carbocycles. The molecule has 2 aromatic rings. The van der Waals surface area contributed by atoms with Crippen LogP contribution in [0.2, 0.25) is 10.0 Å². The Morgan fingerprint density at radius 3 is 1.98 bits per heavy atom. The SMILES string of the molecule is CC(CCC=C(c1cc(Cl)c(O)c(C(=O)O)c1)c1cc(Cl)c(O)c(C(=O)O)c1)C1CCC2[C@@H]3CC[C@@H]4CC(F)(F)CC[C@]4(C)C3CC[C@]12C. The van der Waals surface area contributed by atoms with Gasteiger partial charge in [-0.25, -0.2) is 18.4 Å². The molecule has 0 aromatic heterocycles. The minimum absolute atomic E-state index is 0.00603. The number of allylic oxidation sites excluding steroid dienone is 1. The minimum Gasteiger partial charge on any atom is -0.505 e. The number of halogens is 4. The number of carbonyl (C=O) groups is 2. The molecule has 2 aromatic carbocycles. The summed E-state index contributed by atoms with van der Waals surface area (Å²) >= 11 is 12.5. The number of alkyl halides is 2. The molecule has 4 aliphatic rings. The molecule has 0 spiro atoms. The number of carboxylic acids is 2. The van der Waals surface area contributed by atoms with Crippen molar-refractivity contribution in [3.63, 3.8) is 0 Å². The maximum absolute atomic E-state index is 14.4. The Hall–Kier alpha value is -2.84. The molecule has 0 saturated heterocycles. The summed E-state index contributed by atoms with van der Waals surface area (Å²) in [7, 11) is 0. The number of hydrogen-bond acceptors (Lipinski definition) is 4. The first-order valence-corrected chi connectivity index (χ1v) is 18.3. The van der Waals surface area contributed by atoms with Crippen molar-refractivity contribution in [2.75, 3.05) is 0 Å². The highest BCUT2D eigenvalue weighted by Crippen LogP contribution is 2.69. The van der Waals surface area contributed by atoms with Gasteiger partial charge in [0.2, 0.25) is 5.92 Å². The van der Waals surface area contributed by atoms with Crippen LogP contribution in [0.3, 0.4) is 0 Å². The second-order valence-electron chi connectivity index (χ2n) is 15.9. The zero-order valence-electron chi connectivity index (χ0n) is 28.2. The van der Waals surface area contributed by atoms with Crippen molar-refractivity contribution >= 4 is 40.7 Å². The van der Waals surface area contributed by atoms with Gasteiger partial charge in [-0.3, -0.25) is 0 Å². The average molecular weight is 720 g/mol. The van der Waals surface area contributed by atoms with Gasteiger partial charge in [0.05, 0.1) is 10.0 Å². The van der Waals surface area contributed by atoms with Crippen LogP contribution in [0.4, 0.5) is 8.78 Å². The van der Waals surface area contributed by atoms with Gasteiger partial charge in [0.1, 0.15) is 22.6 Å². The number of rotatable bonds is 8. The van der Waals surface area contributed by atoms with Gasteiger partial charge >= 0.3 is 11.9 Å². The zero-order valence-corrected chi connectivity index (χ0v) is 29.8. The summed E-state index contributed by atoms with van der Waals surface area (Å²) < 4.78 is 28.8. The third-order valence-electron chi connectivity index (χ3n) is 13.6. The lowest BCUT2D eigenvalue weighted by atomic mass is 9.44.